The van der Waals surface area contributed by atoms with Gasteiger partial charge in [0.2, 0.25) is 0 Å². The van der Waals surface area contributed by atoms with Crippen molar-refractivity contribution >= 4 is 17.5 Å². The van der Waals surface area contributed by atoms with E-state index in [1.807, 2.05) is 24.3 Å². The van der Waals surface area contributed by atoms with Gasteiger partial charge in [0, 0.05) is 0 Å². The minimum Gasteiger partial charge on any atom is -0.292 e. The van der Waals surface area contributed by atoms with Crippen molar-refractivity contribution in [2.45, 2.75) is 25.4 Å². The molecule has 1 fully saturated rings. The summed E-state index contributed by atoms with van der Waals surface area (Å²) in [6.07, 6.45) is 0.901. The van der Waals surface area contributed by atoms with Crippen molar-refractivity contribution < 1.29 is 9.59 Å². The average molecular weight is 244 g/mol. The van der Waals surface area contributed by atoms with E-state index in [4.69, 9.17) is 0 Å². The molecule has 0 aromatic heterocycles. The van der Waals surface area contributed by atoms with Gasteiger partial charge in [0.15, 0.2) is 12.1 Å². The molecule has 1 aromatic carbocycles. The van der Waals surface area contributed by atoms with Crippen LogP contribution in [0, 0.1) is 0 Å². The fourth-order valence-electron chi connectivity index (χ4n) is 2.21. The maximum atomic E-state index is 11.7. The highest BCUT2D eigenvalue weighted by Crippen LogP contribution is 2.29. The smallest absolute Gasteiger partial charge is 0.256 e. The Balaban J connectivity index is 1.96. The molecule has 2 aliphatic rings. The molecule has 0 saturated carbocycles. The fraction of sp³-hybridized carbons (Fsp3) is 0.333. The number of hydrogen-bond acceptors (Lipinski definition) is 5. The molecule has 6 heteroatoms. The van der Waals surface area contributed by atoms with Gasteiger partial charge >= 0.3 is 0 Å². The Hall–Kier alpha value is -2.24. The number of nitrogens with zero attached hydrogens (tertiary/aromatic N) is 3. The molecule has 0 radical (unpaired) electrons. The zero-order valence-corrected chi connectivity index (χ0v) is 9.83. The number of hydrogen-bond donors (Lipinski definition) is 1. The molecule has 0 bridgehead atoms. The van der Waals surface area contributed by atoms with E-state index in [0.717, 1.165) is 17.7 Å². The number of anilines is 1. The van der Waals surface area contributed by atoms with Gasteiger partial charge in [0.25, 0.3) is 11.8 Å². The van der Waals surface area contributed by atoms with Crippen molar-refractivity contribution in [3.8, 4) is 0 Å². The van der Waals surface area contributed by atoms with Crippen molar-refractivity contribution in [2.24, 2.45) is 10.3 Å². The molecule has 1 saturated heterocycles. The van der Waals surface area contributed by atoms with Crippen LogP contribution >= 0.6 is 0 Å². The Labute approximate surface area is 104 Å². The first kappa shape index (κ1) is 10.9. The topological polar surface area (TPSA) is 74.1 Å². The van der Waals surface area contributed by atoms with Gasteiger partial charge in [-0.25, -0.2) is 5.01 Å². The maximum Gasteiger partial charge on any atom is 0.256 e. The number of carbonyl (C=O) groups excluding carboxylic acids is 2. The van der Waals surface area contributed by atoms with Crippen LogP contribution in [0.25, 0.3) is 0 Å². The number of nitrogens with one attached hydrogen (secondary N) is 1. The second-order valence-corrected chi connectivity index (χ2v) is 4.32. The minimum absolute atomic E-state index is 0.336. The zero-order valence-electron chi connectivity index (χ0n) is 9.83. The normalized spacial score (nSPS) is 25.5. The van der Waals surface area contributed by atoms with Crippen LogP contribution in [-0.2, 0) is 16.0 Å². The predicted molar refractivity (Wildman–Crippen MR) is 63.9 cm³/mol. The first-order valence-corrected chi connectivity index (χ1v) is 5.84. The van der Waals surface area contributed by atoms with Gasteiger partial charge < -0.3 is 0 Å². The lowest BCUT2D eigenvalue weighted by Gasteiger charge is -2.18. The monoisotopic (exact) mass is 244 g/mol. The molecular weight excluding hydrogens is 232 g/mol. The number of fused-ring (bicyclic) bond motifs is 1. The summed E-state index contributed by atoms with van der Waals surface area (Å²) < 4.78 is 0. The zero-order chi connectivity index (χ0) is 12.7. The number of aryl methyl sites for hydroxylation is 1. The van der Waals surface area contributed by atoms with Crippen molar-refractivity contribution in [1.82, 2.24) is 5.32 Å². The van der Waals surface area contributed by atoms with Crippen LogP contribution in [0.15, 0.2) is 34.6 Å². The first-order valence-electron chi connectivity index (χ1n) is 5.84. The molecular formula is C12H12N4O2. The van der Waals surface area contributed by atoms with Crippen LogP contribution in [0.5, 0.6) is 0 Å². The van der Waals surface area contributed by atoms with Gasteiger partial charge in [-0.3, -0.25) is 14.9 Å². The van der Waals surface area contributed by atoms with Crippen LogP contribution in [0.4, 0.5) is 5.69 Å². The molecule has 2 heterocycles. The molecule has 0 spiro atoms. The largest absolute Gasteiger partial charge is 0.292 e. The first-order chi connectivity index (χ1) is 8.70. The van der Waals surface area contributed by atoms with Gasteiger partial charge in [-0.15, -0.1) is 0 Å². The van der Waals surface area contributed by atoms with E-state index >= 15 is 0 Å². The minimum atomic E-state index is -0.706. The van der Waals surface area contributed by atoms with Crippen molar-refractivity contribution in [1.29, 1.82) is 0 Å². The van der Waals surface area contributed by atoms with Crippen molar-refractivity contribution in [2.75, 3.05) is 5.01 Å². The summed E-state index contributed by atoms with van der Waals surface area (Å²) in [5.41, 5.74) is 1.94. The number of benzene rings is 1. The Kier molecular flexibility index (Phi) is 2.36. The Morgan fingerprint density at radius 3 is 2.94 bits per heavy atom. The van der Waals surface area contributed by atoms with Crippen LogP contribution in [0.3, 0.4) is 0 Å². The molecule has 2 aliphatic heterocycles. The van der Waals surface area contributed by atoms with Gasteiger partial charge in [0.05, 0.1) is 5.69 Å². The maximum absolute atomic E-state index is 11.7. The average Bonchev–Trinajstić information content (AvgIpc) is 2.93. The van der Waals surface area contributed by atoms with Gasteiger partial charge in [-0.2, -0.15) is 5.11 Å². The van der Waals surface area contributed by atoms with E-state index in [2.05, 4.69) is 22.6 Å². The SMILES string of the molecule is CCc1cccc(N2N=NC3C(=O)NC(=O)C32)c1. The number of amides is 2. The third-order valence-electron chi connectivity index (χ3n) is 3.20. The number of imide groups is 1. The highest BCUT2D eigenvalue weighted by molar-refractivity contribution is 6.11. The highest BCUT2D eigenvalue weighted by atomic mass is 16.2. The standard InChI is InChI=1S/C12H12N4O2/c1-2-7-4-3-5-8(6-7)16-10-9(14-15-16)11(17)13-12(10)18/h3-6,9-10H,2H2,1H3,(H,13,17,18). The third-order valence-corrected chi connectivity index (χ3v) is 3.20. The van der Waals surface area contributed by atoms with Crippen LogP contribution in [0.1, 0.15) is 12.5 Å². The van der Waals surface area contributed by atoms with Crippen LogP contribution in [-0.4, -0.2) is 23.9 Å². The molecule has 1 N–H and O–H groups in total. The van der Waals surface area contributed by atoms with Crippen LogP contribution in [0.2, 0.25) is 0 Å². The highest BCUT2D eigenvalue weighted by Gasteiger charge is 2.49. The summed E-state index contributed by atoms with van der Waals surface area (Å²) in [7, 11) is 0. The lowest BCUT2D eigenvalue weighted by atomic mass is 10.1. The predicted octanol–water partition coefficient (Wildman–Crippen LogP) is 0.830. The molecule has 2 amide bonds. The summed E-state index contributed by atoms with van der Waals surface area (Å²) >= 11 is 0. The second-order valence-electron chi connectivity index (χ2n) is 4.32. The summed E-state index contributed by atoms with van der Waals surface area (Å²) in [5.74, 6) is -0.709. The lowest BCUT2D eigenvalue weighted by molar-refractivity contribution is -0.125. The Morgan fingerprint density at radius 1 is 1.33 bits per heavy atom. The van der Waals surface area contributed by atoms with E-state index in [-0.39, 0.29) is 11.8 Å². The second kappa shape index (κ2) is 3.90. The van der Waals surface area contributed by atoms with Gasteiger partial charge in [-0.05, 0) is 24.1 Å². The number of carbonyl (C=O) groups is 2. The molecule has 2 atom stereocenters. The molecule has 92 valence electrons. The van der Waals surface area contributed by atoms with E-state index in [9.17, 15) is 9.59 Å². The van der Waals surface area contributed by atoms with Crippen molar-refractivity contribution in [3.63, 3.8) is 0 Å². The molecule has 0 aliphatic carbocycles. The Bertz CT molecular complexity index is 555. The van der Waals surface area contributed by atoms with E-state index in [1.54, 1.807) is 0 Å². The van der Waals surface area contributed by atoms with E-state index < -0.39 is 12.1 Å². The van der Waals surface area contributed by atoms with E-state index in [0.29, 0.717) is 0 Å². The summed E-state index contributed by atoms with van der Waals surface area (Å²) in [5, 5.41) is 11.6. The summed E-state index contributed by atoms with van der Waals surface area (Å²) in [6.45, 7) is 2.05. The molecule has 3 rings (SSSR count). The molecule has 1 aromatic rings. The lowest BCUT2D eigenvalue weighted by Crippen LogP contribution is -2.38. The number of rotatable bonds is 2. The van der Waals surface area contributed by atoms with Gasteiger partial charge in [-0.1, -0.05) is 24.3 Å². The summed E-state index contributed by atoms with van der Waals surface area (Å²) in [6, 6.07) is 6.39. The summed E-state index contributed by atoms with van der Waals surface area (Å²) in [4.78, 5) is 23.2. The molecule has 2 unspecified atom stereocenters. The van der Waals surface area contributed by atoms with E-state index in [1.165, 1.54) is 5.01 Å². The Morgan fingerprint density at radius 2 is 2.17 bits per heavy atom. The van der Waals surface area contributed by atoms with Gasteiger partial charge in [0.1, 0.15) is 0 Å². The van der Waals surface area contributed by atoms with Crippen molar-refractivity contribution in [3.05, 3.63) is 29.8 Å². The quantitative estimate of drug-likeness (QED) is 0.783. The fourth-order valence-corrected chi connectivity index (χ4v) is 2.21. The molecule has 18 heavy (non-hydrogen) atoms. The molecule has 6 nitrogen and oxygen atoms in total. The van der Waals surface area contributed by atoms with Crippen LogP contribution < -0.4 is 10.3 Å². The third kappa shape index (κ3) is 1.49.